The molecule has 3 aromatic rings. The lowest BCUT2D eigenvalue weighted by Gasteiger charge is -2.21. The number of carbonyl (C=O) groups excluding carboxylic acids is 1. The number of aromatic nitrogens is 2. The van der Waals surface area contributed by atoms with E-state index in [4.69, 9.17) is 0 Å². The third-order valence-corrected chi connectivity index (χ3v) is 6.67. The number of nitrogens with one attached hydrogen (secondary N) is 1. The molecular weight excluding hydrogens is 420 g/mol. The molecular formula is C21H22N4O5S. The number of benzene rings is 2. The number of hydrogen-bond acceptors (Lipinski definition) is 5. The lowest BCUT2D eigenvalue weighted by molar-refractivity contribution is 0.0764. The van der Waals surface area contributed by atoms with Crippen molar-refractivity contribution in [3.05, 3.63) is 74.9 Å². The van der Waals surface area contributed by atoms with Crippen molar-refractivity contribution < 1.29 is 13.2 Å². The first-order chi connectivity index (χ1) is 14.8. The predicted molar refractivity (Wildman–Crippen MR) is 117 cm³/mol. The van der Waals surface area contributed by atoms with Crippen LogP contribution in [0.2, 0.25) is 0 Å². The molecule has 0 saturated carbocycles. The molecule has 10 heteroatoms. The van der Waals surface area contributed by atoms with Crippen molar-refractivity contribution in [2.45, 2.75) is 6.42 Å². The van der Waals surface area contributed by atoms with E-state index in [2.05, 4.69) is 4.98 Å². The third kappa shape index (κ3) is 4.17. The van der Waals surface area contributed by atoms with Gasteiger partial charge in [0.2, 0.25) is 10.0 Å². The fraction of sp³-hybridized carbons (Fsp3) is 0.286. The zero-order valence-corrected chi connectivity index (χ0v) is 17.8. The van der Waals surface area contributed by atoms with E-state index in [9.17, 15) is 22.8 Å². The first-order valence-corrected chi connectivity index (χ1v) is 11.7. The number of rotatable bonds is 3. The molecule has 162 valence electrons. The van der Waals surface area contributed by atoms with Crippen molar-refractivity contribution in [3.63, 3.8) is 0 Å². The Bertz CT molecular complexity index is 1360. The number of aromatic amines is 1. The quantitative estimate of drug-likeness (QED) is 0.644. The second-order valence-electron chi connectivity index (χ2n) is 7.47. The van der Waals surface area contributed by atoms with Crippen LogP contribution >= 0.6 is 0 Å². The number of para-hydroxylation sites is 1. The molecule has 1 aliphatic heterocycles. The minimum Gasteiger partial charge on any atom is -0.337 e. The Morgan fingerprint density at radius 1 is 0.968 bits per heavy atom. The number of H-pyrrole nitrogens is 1. The Morgan fingerprint density at radius 3 is 2.42 bits per heavy atom. The molecule has 4 rings (SSSR count). The fourth-order valence-corrected chi connectivity index (χ4v) is 4.65. The lowest BCUT2D eigenvalue weighted by atomic mass is 10.1. The molecule has 0 bridgehead atoms. The fourth-order valence-electron chi connectivity index (χ4n) is 3.77. The van der Waals surface area contributed by atoms with Gasteiger partial charge >= 0.3 is 5.69 Å². The Labute approximate surface area is 178 Å². The molecule has 1 aromatic heterocycles. The van der Waals surface area contributed by atoms with Crippen LogP contribution in [0, 0.1) is 0 Å². The van der Waals surface area contributed by atoms with Crippen LogP contribution in [0.15, 0.2) is 58.1 Å². The van der Waals surface area contributed by atoms with Crippen LogP contribution in [0.3, 0.4) is 0 Å². The van der Waals surface area contributed by atoms with Gasteiger partial charge in [0.15, 0.2) is 0 Å². The maximum absolute atomic E-state index is 13.0. The van der Waals surface area contributed by atoms with Gasteiger partial charge in [-0.1, -0.05) is 18.2 Å². The van der Waals surface area contributed by atoms with E-state index in [0.29, 0.717) is 36.1 Å². The van der Waals surface area contributed by atoms with Gasteiger partial charge in [0, 0.05) is 31.7 Å². The van der Waals surface area contributed by atoms with Crippen LogP contribution in [0.4, 0.5) is 0 Å². The Balaban J connectivity index is 1.66. The predicted octanol–water partition coefficient (Wildman–Crippen LogP) is 0.786. The summed E-state index contributed by atoms with van der Waals surface area (Å²) >= 11 is 0. The van der Waals surface area contributed by atoms with E-state index >= 15 is 0 Å². The molecule has 0 atom stereocenters. The molecule has 1 amide bonds. The van der Waals surface area contributed by atoms with Gasteiger partial charge in [-0.15, -0.1) is 0 Å². The zero-order valence-electron chi connectivity index (χ0n) is 16.9. The summed E-state index contributed by atoms with van der Waals surface area (Å²) in [6, 6.07) is 13.2. The van der Waals surface area contributed by atoms with Gasteiger partial charge in [0.05, 0.1) is 22.8 Å². The summed E-state index contributed by atoms with van der Waals surface area (Å²) in [5, 5.41) is 0.291. The summed E-state index contributed by atoms with van der Waals surface area (Å²) in [5.74, 6) is -0.273. The van der Waals surface area contributed by atoms with E-state index in [1.807, 2.05) is 0 Å². The molecule has 0 spiro atoms. The first kappa shape index (κ1) is 21.0. The highest BCUT2D eigenvalue weighted by atomic mass is 32.2. The molecule has 1 aliphatic rings. The zero-order chi connectivity index (χ0) is 22.2. The topological polar surface area (TPSA) is 113 Å². The molecule has 31 heavy (non-hydrogen) atoms. The minimum absolute atomic E-state index is 0.233. The van der Waals surface area contributed by atoms with Crippen LogP contribution in [0.5, 0.6) is 0 Å². The maximum Gasteiger partial charge on any atom is 0.333 e. The molecule has 1 saturated heterocycles. The Morgan fingerprint density at radius 2 is 1.71 bits per heavy atom. The molecule has 0 radical (unpaired) electrons. The van der Waals surface area contributed by atoms with Gasteiger partial charge in [-0.2, -0.15) is 0 Å². The average molecular weight is 442 g/mol. The van der Waals surface area contributed by atoms with Crippen molar-refractivity contribution >= 4 is 26.8 Å². The summed E-state index contributed by atoms with van der Waals surface area (Å²) < 4.78 is 26.0. The highest BCUT2D eigenvalue weighted by molar-refractivity contribution is 7.88. The SMILES string of the molecule is CS(=O)(=O)N1CCCN(C(=O)c2ccc3c(=O)n(-c4ccccc4)c(=O)[nH]c3c2)CC1. The van der Waals surface area contributed by atoms with Gasteiger partial charge in [-0.3, -0.25) is 9.59 Å². The molecule has 2 heterocycles. The van der Waals surface area contributed by atoms with Crippen molar-refractivity contribution in [1.82, 2.24) is 18.8 Å². The normalized spacial score (nSPS) is 15.7. The summed E-state index contributed by atoms with van der Waals surface area (Å²) in [4.78, 5) is 42.7. The summed E-state index contributed by atoms with van der Waals surface area (Å²) in [7, 11) is -3.31. The van der Waals surface area contributed by atoms with E-state index in [1.165, 1.54) is 16.4 Å². The number of fused-ring (bicyclic) bond motifs is 1. The van der Waals surface area contributed by atoms with Crippen LogP contribution in [-0.2, 0) is 10.0 Å². The van der Waals surface area contributed by atoms with E-state index in [-0.39, 0.29) is 24.5 Å². The number of sulfonamides is 1. The number of hydrogen-bond donors (Lipinski definition) is 1. The van der Waals surface area contributed by atoms with Crippen LogP contribution in [0.1, 0.15) is 16.8 Å². The molecule has 9 nitrogen and oxygen atoms in total. The molecule has 2 aromatic carbocycles. The maximum atomic E-state index is 13.0. The second-order valence-corrected chi connectivity index (χ2v) is 9.46. The van der Waals surface area contributed by atoms with Gasteiger partial charge in [-0.25, -0.2) is 22.1 Å². The summed E-state index contributed by atoms with van der Waals surface area (Å²) in [5.41, 5.74) is -0.00128. The van der Waals surface area contributed by atoms with Crippen molar-refractivity contribution in [2.75, 3.05) is 32.4 Å². The van der Waals surface area contributed by atoms with Gasteiger partial charge in [0.25, 0.3) is 11.5 Å². The minimum atomic E-state index is -3.31. The average Bonchev–Trinajstić information content (AvgIpc) is 3.00. The highest BCUT2D eigenvalue weighted by Crippen LogP contribution is 2.15. The lowest BCUT2D eigenvalue weighted by Crippen LogP contribution is -2.37. The molecule has 0 aliphatic carbocycles. The van der Waals surface area contributed by atoms with Gasteiger partial charge in [-0.05, 0) is 36.8 Å². The number of nitrogens with zero attached hydrogens (tertiary/aromatic N) is 3. The monoisotopic (exact) mass is 442 g/mol. The van der Waals surface area contributed by atoms with Crippen molar-refractivity contribution in [1.29, 1.82) is 0 Å². The van der Waals surface area contributed by atoms with Crippen molar-refractivity contribution in [2.24, 2.45) is 0 Å². The largest absolute Gasteiger partial charge is 0.337 e. The summed E-state index contributed by atoms with van der Waals surface area (Å²) in [6.45, 7) is 1.30. The first-order valence-electron chi connectivity index (χ1n) is 9.84. The number of carbonyl (C=O) groups is 1. The Kier molecular flexibility index (Phi) is 5.50. The highest BCUT2D eigenvalue weighted by Gasteiger charge is 2.24. The van der Waals surface area contributed by atoms with Crippen LogP contribution in [-0.4, -0.2) is 65.5 Å². The van der Waals surface area contributed by atoms with Crippen molar-refractivity contribution in [3.8, 4) is 5.69 Å². The Hall–Kier alpha value is -3.24. The smallest absolute Gasteiger partial charge is 0.333 e. The van der Waals surface area contributed by atoms with Crippen LogP contribution < -0.4 is 11.2 Å². The molecule has 1 N–H and O–H groups in total. The van der Waals surface area contributed by atoms with E-state index < -0.39 is 21.3 Å². The van der Waals surface area contributed by atoms with Gasteiger partial charge in [0.1, 0.15) is 0 Å². The third-order valence-electron chi connectivity index (χ3n) is 5.37. The molecule has 1 fully saturated rings. The molecule has 0 unspecified atom stereocenters. The van der Waals surface area contributed by atoms with Gasteiger partial charge < -0.3 is 9.88 Å². The van der Waals surface area contributed by atoms with Crippen LogP contribution in [0.25, 0.3) is 16.6 Å². The second kappa shape index (κ2) is 8.12. The summed E-state index contributed by atoms with van der Waals surface area (Å²) in [6.07, 6.45) is 1.69. The van der Waals surface area contributed by atoms with E-state index in [1.54, 1.807) is 41.3 Å². The van der Waals surface area contributed by atoms with E-state index in [0.717, 1.165) is 10.8 Å². The number of amides is 1. The standard InChI is InChI=1S/C21H22N4O5S/c1-31(29,30)24-11-5-10-23(12-13-24)19(26)15-8-9-17-18(14-15)22-21(28)25(20(17)27)16-6-3-2-4-7-16/h2-4,6-9,14H,5,10-13H2,1H3,(H,22,28).